The Morgan fingerprint density at radius 3 is 1.97 bits per heavy atom. The van der Waals surface area contributed by atoms with Gasteiger partial charge in [0.25, 0.3) is 0 Å². The summed E-state index contributed by atoms with van der Waals surface area (Å²) in [6.45, 7) is -0.588. The van der Waals surface area contributed by atoms with Gasteiger partial charge < -0.3 is 24.1 Å². The lowest BCUT2D eigenvalue weighted by molar-refractivity contribution is -0.146. The number of aliphatic hydroxyl groups is 1. The number of methoxy groups -OCH3 is 2. The van der Waals surface area contributed by atoms with E-state index in [2.05, 4.69) is 0 Å². The van der Waals surface area contributed by atoms with E-state index in [-0.39, 0.29) is 13.2 Å². The molecule has 2 rings (SSSR count). The van der Waals surface area contributed by atoms with Gasteiger partial charge in [0.2, 0.25) is 0 Å². The molecule has 0 amide bonds. The molecule has 0 heterocycles. The third kappa shape index (κ3) is 7.81. The van der Waals surface area contributed by atoms with Gasteiger partial charge in [-0.2, -0.15) is 0 Å². The zero-order valence-electron chi connectivity index (χ0n) is 16.8. The molecule has 0 aliphatic carbocycles. The first-order valence-electron chi connectivity index (χ1n) is 9.16. The number of hydrogen-bond donors (Lipinski definition) is 1. The summed E-state index contributed by atoms with van der Waals surface area (Å²) >= 11 is 0. The first-order chi connectivity index (χ1) is 14.5. The number of aliphatic hydroxyl groups excluding tert-OH is 1. The molecule has 0 radical (unpaired) electrons. The largest absolute Gasteiger partial charge is 0.493 e. The number of carbonyl (C=O) groups excluding carboxylic acids is 2. The van der Waals surface area contributed by atoms with Gasteiger partial charge in [-0.1, -0.05) is 36.4 Å². The molecule has 30 heavy (non-hydrogen) atoms. The second kappa shape index (κ2) is 12.1. The molecule has 2 aromatic rings. The van der Waals surface area contributed by atoms with Crippen LogP contribution in [0, 0.1) is 0 Å². The van der Waals surface area contributed by atoms with E-state index in [9.17, 15) is 14.7 Å². The minimum Gasteiger partial charge on any atom is -0.493 e. The maximum absolute atomic E-state index is 11.8. The molecule has 7 heteroatoms. The number of rotatable bonds is 10. The SMILES string of the molecule is COc1ccc(/C=C/C(=O)OCC(O)COC(=O)/C=C/c2ccccc2)cc1OC. The van der Waals surface area contributed by atoms with Crippen molar-refractivity contribution in [2.75, 3.05) is 27.4 Å². The van der Waals surface area contributed by atoms with E-state index in [0.29, 0.717) is 17.1 Å². The van der Waals surface area contributed by atoms with Crippen molar-refractivity contribution in [3.8, 4) is 11.5 Å². The lowest BCUT2D eigenvalue weighted by Crippen LogP contribution is -2.24. The van der Waals surface area contributed by atoms with E-state index in [1.165, 1.54) is 26.4 Å². The van der Waals surface area contributed by atoms with Crippen LogP contribution in [-0.4, -0.2) is 50.6 Å². The van der Waals surface area contributed by atoms with Crippen LogP contribution in [-0.2, 0) is 19.1 Å². The molecule has 0 saturated heterocycles. The van der Waals surface area contributed by atoms with Gasteiger partial charge in [0.15, 0.2) is 11.5 Å². The van der Waals surface area contributed by atoms with Crippen LogP contribution in [0.3, 0.4) is 0 Å². The van der Waals surface area contributed by atoms with Crippen molar-refractivity contribution in [2.45, 2.75) is 6.10 Å². The van der Waals surface area contributed by atoms with Crippen LogP contribution in [0.25, 0.3) is 12.2 Å². The summed E-state index contributed by atoms with van der Waals surface area (Å²) in [5.41, 5.74) is 1.56. The third-order valence-corrected chi connectivity index (χ3v) is 3.87. The van der Waals surface area contributed by atoms with Gasteiger partial charge in [-0.25, -0.2) is 9.59 Å². The maximum atomic E-state index is 11.8. The fraction of sp³-hybridized carbons (Fsp3) is 0.217. The molecule has 1 N–H and O–H groups in total. The van der Waals surface area contributed by atoms with E-state index in [1.54, 1.807) is 30.4 Å². The Bertz CT molecular complexity index is 888. The predicted octanol–water partition coefficient (Wildman–Crippen LogP) is 2.88. The van der Waals surface area contributed by atoms with Gasteiger partial charge in [-0.15, -0.1) is 0 Å². The third-order valence-electron chi connectivity index (χ3n) is 3.87. The second-order valence-electron chi connectivity index (χ2n) is 6.11. The first kappa shape index (κ1) is 22.7. The molecular weight excluding hydrogens is 388 g/mol. The topological polar surface area (TPSA) is 91.3 Å². The summed E-state index contributed by atoms with van der Waals surface area (Å²) in [5.74, 6) is -0.128. The van der Waals surface area contributed by atoms with E-state index >= 15 is 0 Å². The van der Waals surface area contributed by atoms with E-state index in [1.807, 2.05) is 30.3 Å². The number of ether oxygens (including phenoxy) is 4. The Kier molecular flexibility index (Phi) is 9.15. The quantitative estimate of drug-likeness (QED) is 0.474. The summed E-state index contributed by atoms with van der Waals surface area (Å²) in [6, 6.07) is 14.4. The highest BCUT2D eigenvalue weighted by Crippen LogP contribution is 2.27. The highest BCUT2D eigenvalue weighted by atomic mass is 16.6. The van der Waals surface area contributed by atoms with Crippen LogP contribution in [0.5, 0.6) is 11.5 Å². The van der Waals surface area contributed by atoms with Gasteiger partial charge >= 0.3 is 11.9 Å². The lowest BCUT2D eigenvalue weighted by Gasteiger charge is -2.10. The van der Waals surface area contributed by atoms with E-state index in [0.717, 1.165) is 5.56 Å². The molecule has 1 unspecified atom stereocenters. The zero-order chi connectivity index (χ0) is 21.8. The summed E-state index contributed by atoms with van der Waals surface area (Å²) in [6.07, 6.45) is 4.51. The van der Waals surface area contributed by atoms with Gasteiger partial charge in [0.05, 0.1) is 14.2 Å². The molecular formula is C23H24O7. The Balaban J connectivity index is 1.73. The lowest BCUT2D eigenvalue weighted by atomic mass is 10.2. The van der Waals surface area contributed by atoms with Gasteiger partial charge in [0.1, 0.15) is 19.3 Å². The molecule has 0 aromatic heterocycles. The fourth-order valence-electron chi connectivity index (χ4n) is 2.35. The van der Waals surface area contributed by atoms with E-state index < -0.39 is 18.0 Å². The standard InChI is InChI=1S/C23H24O7/c1-27-20-11-8-18(14-21(20)28-2)10-13-23(26)30-16-19(24)15-29-22(25)12-9-17-6-4-3-5-7-17/h3-14,19,24H,15-16H2,1-2H3/b12-9+,13-10+. The normalized spacial score (nSPS) is 12.0. The monoisotopic (exact) mass is 412 g/mol. The number of benzene rings is 2. The summed E-state index contributed by atoms with van der Waals surface area (Å²) in [4.78, 5) is 23.5. The van der Waals surface area contributed by atoms with Crippen molar-refractivity contribution < 1.29 is 33.6 Å². The van der Waals surface area contributed by atoms with Gasteiger partial charge in [0, 0.05) is 12.2 Å². The highest BCUT2D eigenvalue weighted by Gasteiger charge is 2.10. The van der Waals surface area contributed by atoms with Gasteiger partial charge in [-0.3, -0.25) is 0 Å². The van der Waals surface area contributed by atoms with E-state index in [4.69, 9.17) is 18.9 Å². The zero-order valence-corrected chi connectivity index (χ0v) is 16.8. The molecule has 0 saturated carbocycles. The minimum absolute atomic E-state index is 0.287. The Morgan fingerprint density at radius 2 is 1.40 bits per heavy atom. The molecule has 2 aromatic carbocycles. The average molecular weight is 412 g/mol. The summed E-state index contributed by atoms with van der Waals surface area (Å²) in [7, 11) is 3.05. The maximum Gasteiger partial charge on any atom is 0.330 e. The summed E-state index contributed by atoms with van der Waals surface area (Å²) in [5, 5.41) is 9.81. The molecule has 1 atom stereocenters. The highest BCUT2D eigenvalue weighted by molar-refractivity contribution is 5.87. The molecule has 0 bridgehead atoms. The second-order valence-corrected chi connectivity index (χ2v) is 6.11. The van der Waals surface area contributed by atoms with Crippen molar-refractivity contribution >= 4 is 24.1 Å². The molecule has 0 fully saturated rings. The van der Waals surface area contributed by atoms with Gasteiger partial charge in [-0.05, 0) is 35.4 Å². The van der Waals surface area contributed by atoms with Crippen LogP contribution < -0.4 is 9.47 Å². The summed E-state index contributed by atoms with van der Waals surface area (Å²) < 4.78 is 20.2. The Labute approximate surface area is 175 Å². The molecule has 0 aliphatic rings. The van der Waals surface area contributed by atoms with Crippen molar-refractivity contribution in [2.24, 2.45) is 0 Å². The molecule has 7 nitrogen and oxygen atoms in total. The van der Waals surface area contributed by atoms with Crippen molar-refractivity contribution in [1.82, 2.24) is 0 Å². The molecule has 158 valence electrons. The van der Waals surface area contributed by atoms with Crippen LogP contribution in [0.4, 0.5) is 0 Å². The average Bonchev–Trinajstić information content (AvgIpc) is 2.79. The van der Waals surface area contributed by atoms with Crippen LogP contribution >= 0.6 is 0 Å². The van der Waals surface area contributed by atoms with Crippen molar-refractivity contribution in [3.63, 3.8) is 0 Å². The number of hydrogen-bond acceptors (Lipinski definition) is 7. The first-order valence-corrected chi connectivity index (χ1v) is 9.16. The number of esters is 2. The Morgan fingerprint density at radius 1 is 0.833 bits per heavy atom. The van der Waals surface area contributed by atoms with Crippen molar-refractivity contribution in [1.29, 1.82) is 0 Å². The van der Waals surface area contributed by atoms with Crippen LogP contribution in [0.1, 0.15) is 11.1 Å². The Hall–Kier alpha value is -3.58. The fourth-order valence-corrected chi connectivity index (χ4v) is 2.35. The smallest absolute Gasteiger partial charge is 0.330 e. The minimum atomic E-state index is -1.13. The molecule has 0 aliphatic heterocycles. The van der Waals surface area contributed by atoms with Crippen LogP contribution in [0.2, 0.25) is 0 Å². The van der Waals surface area contributed by atoms with Crippen molar-refractivity contribution in [3.05, 3.63) is 71.8 Å². The van der Waals surface area contributed by atoms with Crippen LogP contribution in [0.15, 0.2) is 60.7 Å². The number of carbonyl (C=O) groups is 2. The predicted molar refractivity (Wildman–Crippen MR) is 112 cm³/mol. The molecule has 0 spiro atoms.